The Morgan fingerprint density at radius 1 is 0.827 bits per heavy atom. The molecule has 9 N–H and O–H groups in total. The van der Waals surface area contributed by atoms with Gasteiger partial charge in [0.1, 0.15) is 30.8 Å². The van der Waals surface area contributed by atoms with Crippen LogP contribution in [-0.4, -0.2) is 104 Å². The molecule has 286 valence electrons. The standard InChI is InChI=1S/C26H38N10O13P2S/c27-25-31-21-19(23(38)33-25)29-11-35(21)17-7-13(37)15(47-17)9-46-51(42,43)49-14-8-18(36-12-30-20-22(36)32-26(28)34-24(20)39)48-16(14)10-45-50(40,41)44-5-3-1-2-4-6-52/h11-18,37,52H,1-10H2,(H,40,41)(H,42,43)(H3,27,31,33,38)(H3,28,32,34,39)/t13-,14-,15+,16+,17+,18+/m0/s1. The summed E-state index contributed by atoms with van der Waals surface area (Å²) in [5.41, 5.74) is 10.3. The molecular formula is C26H38N10O13P2S. The number of aromatic amines is 2. The van der Waals surface area contributed by atoms with Gasteiger partial charge < -0.3 is 35.8 Å². The Labute approximate surface area is 298 Å². The molecule has 4 aromatic heterocycles. The lowest BCUT2D eigenvalue weighted by molar-refractivity contribution is -0.0555. The second-order valence-corrected chi connectivity index (χ2v) is 15.3. The summed E-state index contributed by atoms with van der Waals surface area (Å²) < 4.78 is 61.4. The third-order valence-corrected chi connectivity index (χ3v) is 10.6. The zero-order valence-electron chi connectivity index (χ0n) is 27.3. The van der Waals surface area contributed by atoms with E-state index < -0.39 is 76.8 Å². The Morgan fingerprint density at radius 3 is 1.98 bits per heavy atom. The lowest BCUT2D eigenvalue weighted by atomic mass is 10.2. The molecule has 0 amide bonds. The molecule has 6 heterocycles. The van der Waals surface area contributed by atoms with Crippen molar-refractivity contribution in [2.75, 3.05) is 37.0 Å². The van der Waals surface area contributed by atoms with Gasteiger partial charge in [0.2, 0.25) is 11.9 Å². The van der Waals surface area contributed by atoms with Gasteiger partial charge in [0.15, 0.2) is 22.3 Å². The molecule has 0 bridgehead atoms. The highest BCUT2D eigenvalue weighted by molar-refractivity contribution is 7.80. The first-order valence-electron chi connectivity index (χ1n) is 16.1. The Balaban J connectivity index is 1.12. The second kappa shape index (κ2) is 16.0. The van der Waals surface area contributed by atoms with Crippen LogP contribution in [0.5, 0.6) is 0 Å². The van der Waals surface area contributed by atoms with Crippen LogP contribution in [-0.2, 0) is 36.7 Å². The van der Waals surface area contributed by atoms with E-state index in [1.54, 1.807) is 0 Å². The number of thiol groups is 1. The molecule has 2 unspecified atom stereocenters. The van der Waals surface area contributed by atoms with Gasteiger partial charge in [0, 0.05) is 12.8 Å². The van der Waals surface area contributed by atoms with Crippen molar-refractivity contribution in [3.05, 3.63) is 33.4 Å². The minimum atomic E-state index is -4.96. The van der Waals surface area contributed by atoms with Gasteiger partial charge in [-0.25, -0.2) is 19.1 Å². The summed E-state index contributed by atoms with van der Waals surface area (Å²) in [5.74, 6) is 0.377. The lowest BCUT2D eigenvalue weighted by Gasteiger charge is -2.23. The minimum absolute atomic E-state index is 0.00496. The first-order valence-corrected chi connectivity index (χ1v) is 19.7. The first kappa shape index (κ1) is 38.5. The number of nitrogens with zero attached hydrogens (tertiary/aromatic N) is 6. The summed E-state index contributed by atoms with van der Waals surface area (Å²) in [6.07, 6.45) is -1.36. The van der Waals surface area contributed by atoms with E-state index in [4.69, 9.17) is 39.0 Å². The number of ether oxygens (including phenoxy) is 2. The van der Waals surface area contributed by atoms with Gasteiger partial charge in [-0.1, -0.05) is 12.8 Å². The van der Waals surface area contributed by atoms with Crippen LogP contribution in [0.3, 0.4) is 0 Å². The van der Waals surface area contributed by atoms with Crippen LogP contribution in [0.4, 0.5) is 11.9 Å². The Hall–Kier alpha value is -3.25. The monoisotopic (exact) mass is 792 g/mol. The maximum atomic E-state index is 13.3. The van der Waals surface area contributed by atoms with Gasteiger partial charge in [-0.2, -0.15) is 22.6 Å². The average Bonchev–Trinajstić information content (AvgIpc) is 3.86. The number of fused-ring (bicyclic) bond motifs is 2. The number of unbranched alkanes of at least 4 members (excludes halogenated alkanes) is 3. The number of phosphoric ester groups is 2. The van der Waals surface area contributed by atoms with Crippen molar-refractivity contribution in [3.63, 3.8) is 0 Å². The highest BCUT2D eigenvalue weighted by atomic mass is 32.1. The summed E-state index contributed by atoms with van der Waals surface area (Å²) in [6, 6.07) is 0. The fraction of sp³-hybridized carbons (Fsp3) is 0.615. The van der Waals surface area contributed by atoms with Crippen LogP contribution in [0.2, 0.25) is 0 Å². The fourth-order valence-corrected chi connectivity index (χ4v) is 7.75. The van der Waals surface area contributed by atoms with Gasteiger partial charge >= 0.3 is 15.6 Å². The second-order valence-electron chi connectivity index (χ2n) is 12.0. The molecule has 2 saturated heterocycles. The highest BCUT2D eigenvalue weighted by Gasteiger charge is 2.45. The number of anilines is 2. The molecule has 0 aromatic carbocycles. The molecule has 26 heteroatoms. The number of hydrogen-bond donors (Lipinski definition) is 8. The third kappa shape index (κ3) is 8.92. The van der Waals surface area contributed by atoms with E-state index in [9.17, 15) is 33.6 Å². The molecule has 2 aliphatic rings. The molecule has 2 fully saturated rings. The molecule has 0 spiro atoms. The number of nitrogens with two attached hydrogens (primary N) is 2. The van der Waals surface area contributed by atoms with E-state index in [2.05, 4.69) is 42.5 Å². The third-order valence-electron chi connectivity index (χ3n) is 8.29. The molecule has 52 heavy (non-hydrogen) atoms. The fourth-order valence-electron chi connectivity index (χ4n) is 5.80. The van der Waals surface area contributed by atoms with Gasteiger partial charge in [0.05, 0.1) is 38.6 Å². The van der Waals surface area contributed by atoms with Crippen molar-refractivity contribution in [1.29, 1.82) is 0 Å². The molecule has 6 rings (SSSR count). The number of nitrogens with one attached hydrogen (secondary N) is 2. The molecule has 23 nitrogen and oxygen atoms in total. The van der Waals surface area contributed by atoms with Gasteiger partial charge in [-0.05, 0) is 18.6 Å². The van der Waals surface area contributed by atoms with Crippen LogP contribution in [0.25, 0.3) is 22.3 Å². The molecular weight excluding hydrogens is 754 g/mol. The van der Waals surface area contributed by atoms with Crippen LogP contribution in [0.1, 0.15) is 51.0 Å². The van der Waals surface area contributed by atoms with E-state index in [0.717, 1.165) is 25.0 Å². The predicted octanol–water partition coefficient (Wildman–Crippen LogP) is 0.479. The maximum absolute atomic E-state index is 13.3. The van der Waals surface area contributed by atoms with Crippen molar-refractivity contribution in [2.45, 2.75) is 75.4 Å². The van der Waals surface area contributed by atoms with E-state index in [0.29, 0.717) is 6.42 Å². The highest BCUT2D eigenvalue weighted by Crippen LogP contribution is 2.50. The number of aromatic nitrogens is 8. The topological polar surface area (TPSA) is 329 Å². The van der Waals surface area contributed by atoms with Crippen molar-refractivity contribution in [1.82, 2.24) is 39.0 Å². The number of imidazole rings is 2. The van der Waals surface area contributed by atoms with Gasteiger partial charge in [-0.15, -0.1) is 0 Å². The largest absolute Gasteiger partial charge is 0.472 e. The van der Waals surface area contributed by atoms with E-state index in [-0.39, 0.29) is 53.7 Å². The van der Waals surface area contributed by atoms with Crippen molar-refractivity contribution < 1.29 is 51.6 Å². The maximum Gasteiger partial charge on any atom is 0.472 e. The smallest absolute Gasteiger partial charge is 0.390 e. The Bertz CT molecular complexity index is 2090. The zero-order chi connectivity index (χ0) is 37.2. The summed E-state index contributed by atoms with van der Waals surface area (Å²) in [5, 5.41) is 10.7. The van der Waals surface area contributed by atoms with E-state index in [1.165, 1.54) is 21.8 Å². The number of phosphoric acid groups is 2. The predicted molar refractivity (Wildman–Crippen MR) is 183 cm³/mol. The Morgan fingerprint density at radius 2 is 1.37 bits per heavy atom. The SMILES string of the molecule is Nc1nc2c(ncn2[C@H]2C[C@H](OP(=O)(O)OC[C@H]3O[C@@H](n4cnc5c(=O)[nH]c(N)nc54)C[C@@H]3O)[C@@H](COP(=O)(O)OCCCCCCS)O2)c(=O)[nH]1. The number of rotatable bonds is 17. The van der Waals surface area contributed by atoms with E-state index >= 15 is 0 Å². The van der Waals surface area contributed by atoms with Crippen molar-refractivity contribution >= 4 is 62.5 Å². The number of H-pyrrole nitrogens is 2. The summed E-state index contributed by atoms with van der Waals surface area (Å²) >= 11 is 4.15. The number of hydrogen-bond acceptors (Lipinski definition) is 18. The van der Waals surface area contributed by atoms with Crippen LogP contribution in [0, 0.1) is 0 Å². The summed E-state index contributed by atoms with van der Waals surface area (Å²) in [4.78, 5) is 66.4. The molecule has 0 radical (unpaired) electrons. The van der Waals surface area contributed by atoms with Crippen molar-refractivity contribution in [3.8, 4) is 0 Å². The quantitative estimate of drug-likeness (QED) is 0.0409. The van der Waals surface area contributed by atoms with Crippen LogP contribution >= 0.6 is 28.3 Å². The number of nitrogen functional groups attached to an aromatic ring is 2. The van der Waals surface area contributed by atoms with Gasteiger partial charge in [0.25, 0.3) is 11.1 Å². The molecule has 0 saturated carbocycles. The van der Waals surface area contributed by atoms with Gasteiger partial charge in [-0.3, -0.25) is 46.8 Å². The van der Waals surface area contributed by atoms with Crippen LogP contribution < -0.4 is 22.6 Å². The number of aliphatic hydroxyl groups excluding tert-OH is 1. The summed E-state index contributed by atoms with van der Waals surface area (Å²) in [6.45, 7) is -1.28. The molecule has 2 aliphatic heterocycles. The summed E-state index contributed by atoms with van der Waals surface area (Å²) in [7, 11) is -9.54. The van der Waals surface area contributed by atoms with E-state index in [1.807, 2.05) is 0 Å². The molecule has 4 aromatic rings. The Kier molecular flexibility index (Phi) is 11.8. The lowest BCUT2D eigenvalue weighted by Crippen LogP contribution is -2.30. The minimum Gasteiger partial charge on any atom is -0.390 e. The normalized spacial score (nSPS) is 25.9. The van der Waals surface area contributed by atoms with Crippen LogP contribution in [0.15, 0.2) is 22.2 Å². The molecule has 8 atom stereocenters. The molecule has 0 aliphatic carbocycles. The zero-order valence-corrected chi connectivity index (χ0v) is 30.0. The van der Waals surface area contributed by atoms with Crippen molar-refractivity contribution in [2.24, 2.45) is 0 Å². The first-order chi connectivity index (χ1) is 24.7. The average molecular weight is 793 g/mol. The number of aliphatic hydroxyl groups is 1.